The van der Waals surface area contributed by atoms with Gasteiger partial charge in [0, 0.05) is 21.7 Å². The molecule has 1 heterocycles. The first-order valence-electron chi connectivity index (χ1n) is 7.48. The summed E-state index contributed by atoms with van der Waals surface area (Å²) in [6.45, 7) is 1.25. The third-order valence-corrected chi connectivity index (χ3v) is 5.20. The number of aryl methyl sites for hydroxylation is 1. The molecule has 1 atom stereocenters. The normalized spacial score (nSPS) is 11.6. The van der Waals surface area contributed by atoms with E-state index in [1.54, 1.807) is 12.3 Å². The van der Waals surface area contributed by atoms with Gasteiger partial charge in [-0.1, -0.05) is 0 Å². The van der Waals surface area contributed by atoms with Gasteiger partial charge >= 0.3 is 5.97 Å². The van der Waals surface area contributed by atoms with Gasteiger partial charge in [0.2, 0.25) is 0 Å². The van der Waals surface area contributed by atoms with E-state index >= 15 is 0 Å². The van der Waals surface area contributed by atoms with Crippen LogP contribution >= 0.6 is 23.1 Å². The van der Waals surface area contributed by atoms with Gasteiger partial charge in [0.1, 0.15) is 5.01 Å². The molecule has 9 heteroatoms. The molecule has 1 aromatic carbocycles. The quantitative estimate of drug-likeness (QED) is 0.501. The van der Waals surface area contributed by atoms with E-state index in [4.69, 9.17) is 10.00 Å². The molecule has 0 saturated heterocycles. The van der Waals surface area contributed by atoms with Gasteiger partial charge in [-0.3, -0.25) is 9.59 Å². The summed E-state index contributed by atoms with van der Waals surface area (Å²) >= 11 is 2.37. The number of rotatable bonds is 8. The van der Waals surface area contributed by atoms with Crippen LogP contribution in [-0.2, 0) is 14.3 Å². The molecule has 0 unspecified atom stereocenters. The Morgan fingerprint density at radius 3 is 2.77 bits per heavy atom. The lowest BCUT2D eigenvalue weighted by atomic mass is 10.1. The Kier molecular flexibility index (Phi) is 7.24. The third-order valence-electron chi connectivity index (χ3n) is 3.18. The van der Waals surface area contributed by atoms with E-state index in [0.717, 1.165) is 23.9 Å². The number of aromatic nitrogens is 1. The summed E-state index contributed by atoms with van der Waals surface area (Å²) in [5.74, 6) is -3.81. The number of thiazole rings is 1. The van der Waals surface area contributed by atoms with Crippen molar-refractivity contribution in [2.24, 2.45) is 0 Å². The maximum atomic E-state index is 13.1. The molecule has 2 aromatic rings. The molecule has 5 nitrogen and oxygen atoms in total. The van der Waals surface area contributed by atoms with Crippen molar-refractivity contribution >= 4 is 34.9 Å². The number of ketones is 1. The summed E-state index contributed by atoms with van der Waals surface area (Å²) in [4.78, 5) is 28.3. The second-order valence-corrected chi connectivity index (χ2v) is 7.25. The van der Waals surface area contributed by atoms with Crippen molar-refractivity contribution in [2.45, 2.75) is 24.2 Å². The van der Waals surface area contributed by atoms with Crippen molar-refractivity contribution in [1.82, 2.24) is 4.98 Å². The predicted molar refractivity (Wildman–Crippen MR) is 92.9 cm³/mol. The zero-order valence-corrected chi connectivity index (χ0v) is 15.3. The molecular weight excluding hydrogens is 382 g/mol. The van der Waals surface area contributed by atoms with Gasteiger partial charge in [0.25, 0.3) is 0 Å². The molecule has 0 amide bonds. The smallest absolute Gasteiger partial charge is 0.307 e. The van der Waals surface area contributed by atoms with Crippen LogP contribution in [0.2, 0.25) is 0 Å². The lowest BCUT2D eigenvalue weighted by Crippen LogP contribution is -2.20. The molecule has 0 N–H and O–H groups in total. The Balaban J connectivity index is 1.76. The van der Waals surface area contributed by atoms with Crippen LogP contribution in [0.1, 0.15) is 23.0 Å². The Labute approximate surface area is 157 Å². The maximum absolute atomic E-state index is 13.1. The van der Waals surface area contributed by atoms with Gasteiger partial charge in [-0.2, -0.15) is 5.26 Å². The highest BCUT2D eigenvalue weighted by Gasteiger charge is 2.24. The number of benzene rings is 1. The minimum absolute atomic E-state index is 0.00940. The fourth-order valence-corrected chi connectivity index (χ4v) is 3.61. The second kappa shape index (κ2) is 9.40. The number of Topliss-reactive ketones (excluding diaryl/α,β-unsaturated/α-hetero) is 1. The highest BCUT2D eigenvalue weighted by Crippen LogP contribution is 2.22. The maximum Gasteiger partial charge on any atom is 0.307 e. The molecule has 0 spiro atoms. The minimum atomic E-state index is -1.06. The number of halogens is 2. The molecule has 0 aliphatic rings. The number of hydrogen-bond acceptors (Lipinski definition) is 7. The number of ether oxygens (including phenoxy) is 1. The third kappa shape index (κ3) is 5.61. The zero-order chi connectivity index (χ0) is 19.1. The molecule has 0 fully saturated rings. The van der Waals surface area contributed by atoms with Crippen molar-refractivity contribution in [3.8, 4) is 6.07 Å². The van der Waals surface area contributed by atoms with E-state index in [1.165, 1.54) is 17.4 Å². The molecule has 26 heavy (non-hydrogen) atoms. The Hall–Kier alpha value is -2.31. The van der Waals surface area contributed by atoms with Crippen LogP contribution < -0.4 is 0 Å². The summed E-state index contributed by atoms with van der Waals surface area (Å²) in [5, 5.41) is 11.2. The lowest BCUT2D eigenvalue weighted by molar-refractivity contribution is -0.147. The van der Waals surface area contributed by atoms with E-state index in [-0.39, 0.29) is 12.2 Å². The number of carbonyl (C=O) groups excluding carboxylic acids is 2. The van der Waals surface area contributed by atoms with Crippen LogP contribution in [0.3, 0.4) is 0 Å². The first-order valence-corrected chi connectivity index (χ1v) is 9.35. The Morgan fingerprint density at radius 2 is 2.15 bits per heavy atom. The van der Waals surface area contributed by atoms with Crippen molar-refractivity contribution in [2.75, 3.05) is 12.4 Å². The molecule has 0 bridgehead atoms. The summed E-state index contributed by atoms with van der Waals surface area (Å²) in [6, 6.07) is 5.33. The fourth-order valence-electron chi connectivity index (χ4n) is 1.90. The van der Waals surface area contributed by atoms with E-state index in [1.807, 2.05) is 6.07 Å². The standard InChI is InChI=1S/C17H14F2N2O3S2/c1-10-9-26-17(21-10)12(7-20)15(22)8-24-16(23)4-5-25-11-2-3-13(18)14(19)6-11/h2-3,6,9,12H,4-5,8H2,1H3/t12-/m0/s1. The molecule has 0 radical (unpaired) electrons. The second-order valence-electron chi connectivity index (χ2n) is 5.19. The summed E-state index contributed by atoms with van der Waals surface area (Å²) in [7, 11) is 0. The number of nitrogens with zero attached hydrogens (tertiary/aromatic N) is 2. The van der Waals surface area contributed by atoms with Gasteiger partial charge in [-0.15, -0.1) is 23.1 Å². The van der Waals surface area contributed by atoms with E-state index in [2.05, 4.69) is 4.98 Å². The van der Waals surface area contributed by atoms with E-state index in [9.17, 15) is 18.4 Å². The number of thioether (sulfide) groups is 1. The molecular formula is C17H14F2N2O3S2. The van der Waals surface area contributed by atoms with Crippen LogP contribution in [0.4, 0.5) is 8.78 Å². The number of nitriles is 1. The Morgan fingerprint density at radius 1 is 1.38 bits per heavy atom. The minimum Gasteiger partial charge on any atom is -0.458 e. The molecule has 0 aliphatic carbocycles. The van der Waals surface area contributed by atoms with E-state index in [0.29, 0.717) is 15.6 Å². The van der Waals surface area contributed by atoms with Crippen molar-refractivity contribution in [3.05, 3.63) is 45.9 Å². The van der Waals surface area contributed by atoms with Crippen LogP contribution in [0, 0.1) is 29.9 Å². The molecule has 0 saturated carbocycles. The highest BCUT2D eigenvalue weighted by molar-refractivity contribution is 7.99. The SMILES string of the molecule is Cc1csc([C@@H](C#N)C(=O)COC(=O)CCSc2ccc(F)c(F)c2)n1. The lowest BCUT2D eigenvalue weighted by Gasteiger charge is -2.07. The monoisotopic (exact) mass is 396 g/mol. The van der Waals surface area contributed by atoms with E-state index < -0.39 is 35.9 Å². The molecule has 2 rings (SSSR count). The van der Waals surface area contributed by atoms with Crippen LogP contribution in [0.25, 0.3) is 0 Å². The molecule has 1 aromatic heterocycles. The summed E-state index contributed by atoms with van der Waals surface area (Å²) in [6.07, 6.45) is -0.00940. The number of hydrogen-bond donors (Lipinski definition) is 0. The van der Waals surface area contributed by atoms with Gasteiger partial charge in [0.05, 0.1) is 12.5 Å². The van der Waals surface area contributed by atoms with Crippen molar-refractivity contribution in [1.29, 1.82) is 5.26 Å². The molecule has 0 aliphatic heterocycles. The van der Waals surface area contributed by atoms with Crippen LogP contribution in [0.15, 0.2) is 28.5 Å². The largest absolute Gasteiger partial charge is 0.458 e. The molecule has 136 valence electrons. The van der Waals surface area contributed by atoms with Crippen molar-refractivity contribution in [3.63, 3.8) is 0 Å². The number of esters is 1. The summed E-state index contributed by atoms with van der Waals surface area (Å²) < 4.78 is 30.8. The average Bonchev–Trinajstić information content (AvgIpc) is 3.03. The predicted octanol–water partition coefficient (Wildman–Crippen LogP) is 3.63. The zero-order valence-electron chi connectivity index (χ0n) is 13.7. The average molecular weight is 396 g/mol. The topological polar surface area (TPSA) is 80.0 Å². The summed E-state index contributed by atoms with van der Waals surface area (Å²) in [5.41, 5.74) is 0.712. The first-order chi connectivity index (χ1) is 12.4. The number of carbonyl (C=O) groups is 2. The van der Waals surface area contributed by atoms with Gasteiger partial charge < -0.3 is 4.74 Å². The fraction of sp³-hybridized carbons (Fsp3) is 0.294. The van der Waals surface area contributed by atoms with Gasteiger partial charge in [-0.05, 0) is 25.1 Å². The first kappa shape index (κ1) is 20.0. The Bertz CT molecular complexity index is 849. The van der Waals surface area contributed by atoms with Gasteiger partial charge in [0.15, 0.2) is 29.9 Å². The van der Waals surface area contributed by atoms with Gasteiger partial charge in [-0.25, -0.2) is 13.8 Å². The van der Waals surface area contributed by atoms with Crippen LogP contribution in [0.5, 0.6) is 0 Å². The van der Waals surface area contributed by atoms with Crippen LogP contribution in [-0.4, -0.2) is 29.1 Å². The highest BCUT2D eigenvalue weighted by atomic mass is 32.2. The van der Waals surface area contributed by atoms with Crippen molar-refractivity contribution < 1.29 is 23.1 Å².